The van der Waals surface area contributed by atoms with Crippen LogP contribution in [0.4, 0.5) is 0 Å². The van der Waals surface area contributed by atoms with Gasteiger partial charge in [0.25, 0.3) is 0 Å². The third-order valence-corrected chi connectivity index (χ3v) is 3.31. The summed E-state index contributed by atoms with van der Waals surface area (Å²) in [7, 11) is 0. The number of benzene rings is 2. The molecular formula is C22H32O3. The lowest BCUT2D eigenvalue weighted by atomic mass is 10.1. The van der Waals surface area contributed by atoms with Crippen LogP contribution in [0.15, 0.2) is 60.7 Å². The molecule has 2 aromatic rings. The molecule has 2 aromatic carbocycles. The lowest BCUT2D eigenvalue weighted by Gasteiger charge is -2.17. The van der Waals surface area contributed by atoms with Crippen LogP contribution in [0, 0.1) is 0 Å². The van der Waals surface area contributed by atoms with E-state index in [1.807, 2.05) is 45.0 Å². The topological polar surface area (TPSA) is 38.7 Å². The summed E-state index contributed by atoms with van der Waals surface area (Å²) in [4.78, 5) is 10.3. The largest absolute Gasteiger partial charge is 0.396 e. The van der Waals surface area contributed by atoms with Crippen LogP contribution in [0.5, 0.6) is 0 Å². The van der Waals surface area contributed by atoms with Gasteiger partial charge in [-0.25, -0.2) is 9.78 Å². The van der Waals surface area contributed by atoms with E-state index in [1.165, 1.54) is 11.1 Å². The zero-order chi connectivity index (χ0) is 18.4. The Morgan fingerprint density at radius 3 is 1.68 bits per heavy atom. The van der Waals surface area contributed by atoms with E-state index in [-0.39, 0.29) is 12.2 Å². The first-order chi connectivity index (χ1) is 12.0. The fourth-order valence-corrected chi connectivity index (χ4v) is 2.13. The van der Waals surface area contributed by atoms with Crippen molar-refractivity contribution >= 4 is 0 Å². The van der Waals surface area contributed by atoms with Gasteiger partial charge in [0.05, 0.1) is 12.2 Å². The molecule has 3 heteroatoms. The number of hydrogen-bond donors (Lipinski definition) is 1. The maximum Gasteiger partial charge on any atom is 0.0952 e. The van der Waals surface area contributed by atoms with Crippen LogP contribution >= 0.6 is 0 Å². The Balaban J connectivity index is 0.000000271. The molecule has 0 heterocycles. The van der Waals surface area contributed by atoms with Gasteiger partial charge in [0, 0.05) is 6.61 Å². The monoisotopic (exact) mass is 344 g/mol. The Hall–Kier alpha value is -1.68. The van der Waals surface area contributed by atoms with Gasteiger partial charge in [-0.3, -0.25) is 0 Å². The highest BCUT2D eigenvalue weighted by Gasteiger charge is 2.10. The minimum absolute atomic E-state index is 0.216. The van der Waals surface area contributed by atoms with Gasteiger partial charge in [0.2, 0.25) is 0 Å². The fourth-order valence-electron chi connectivity index (χ4n) is 2.13. The molecule has 0 atom stereocenters. The smallest absolute Gasteiger partial charge is 0.0952 e. The summed E-state index contributed by atoms with van der Waals surface area (Å²) >= 11 is 0. The molecule has 0 bridgehead atoms. The lowest BCUT2D eigenvalue weighted by Crippen LogP contribution is -2.19. The molecule has 0 aromatic heterocycles. The Kier molecular flexibility index (Phi) is 10.8. The van der Waals surface area contributed by atoms with Gasteiger partial charge >= 0.3 is 0 Å². The average Bonchev–Trinajstić information content (AvgIpc) is 2.61. The number of hydrogen-bond acceptors (Lipinski definition) is 3. The van der Waals surface area contributed by atoms with Gasteiger partial charge in [0.1, 0.15) is 0 Å². The minimum Gasteiger partial charge on any atom is -0.396 e. The molecule has 0 saturated carbocycles. The Morgan fingerprint density at radius 1 is 0.760 bits per heavy atom. The molecule has 3 nitrogen and oxygen atoms in total. The summed E-state index contributed by atoms with van der Waals surface area (Å²) in [5.74, 6) is 0. The van der Waals surface area contributed by atoms with Crippen molar-refractivity contribution in [1.82, 2.24) is 0 Å². The highest BCUT2D eigenvalue weighted by Crippen LogP contribution is 2.08. The van der Waals surface area contributed by atoms with Gasteiger partial charge in [-0.1, -0.05) is 60.7 Å². The van der Waals surface area contributed by atoms with E-state index in [2.05, 4.69) is 36.4 Å². The van der Waals surface area contributed by atoms with Crippen molar-refractivity contribution in [2.75, 3.05) is 13.2 Å². The van der Waals surface area contributed by atoms with E-state index in [9.17, 15) is 0 Å². The van der Waals surface area contributed by atoms with E-state index < -0.39 is 0 Å². The summed E-state index contributed by atoms with van der Waals surface area (Å²) in [6.07, 6.45) is 3.87. The molecule has 0 spiro atoms. The van der Waals surface area contributed by atoms with Crippen LogP contribution in [0.25, 0.3) is 0 Å². The first kappa shape index (κ1) is 21.4. The zero-order valence-corrected chi connectivity index (χ0v) is 15.8. The van der Waals surface area contributed by atoms with Gasteiger partial charge < -0.3 is 5.11 Å². The van der Waals surface area contributed by atoms with Crippen molar-refractivity contribution in [1.29, 1.82) is 0 Å². The molecule has 0 aliphatic heterocycles. The first-order valence-electron chi connectivity index (χ1n) is 9.00. The zero-order valence-electron chi connectivity index (χ0n) is 15.8. The maximum atomic E-state index is 8.53. The van der Waals surface area contributed by atoms with Crippen LogP contribution in [-0.4, -0.2) is 23.9 Å². The maximum absolute atomic E-state index is 8.53. The second-order valence-electron chi connectivity index (χ2n) is 6.92. The molecule has 0 radical (unpaired) electrons. The van der Waals surface area contributed by atoms with Crippen molar-refractivity contribution in [2.24, 2.45) is 0 Å². The summed E-state index contributed by atoms with van der Waals surface area (Å²) < 4.78 is 0. The van der Waals surface area contributed by atoms with Crippen LogP contribution in [0.3, 0.4) is 0 Å². The summed E-state index contributed by atoms with van der Waals surface area (Å²) in [5, 5.41) is 8.53. The van der Waals surface area contributed by atoms with Crippen LogP contribution < -0.4 is 0 Å². The van der Waals surface area contributed by atoms with Gasteiger partial charge in [-0.15, -0.1) is 0 Å². The lowest BCUT2D eigenvalue weighted by molar-refractivity contribution is -0.348. The highest BCUT2D eigenvalue weighted by atomic mass is 17.2. The van der Waals surface area contributed by atoms with Crippen molar-refractivity contribution in [3.05, 3.63) is 71.8 Å². The molecule has 2 rings (SSSR count). The molecule has 0 saturated heterocycles. The molecular weight excluding hydrogens is 312 g/mol. The first-order valence-corrected chi connectivity index (χ1v) is 9.00. The molecule has 0 aliphatic carbocycles. The quantitative estimate of drug-likeness (QED) is 0.417. The van der Waals surface area contributed by atoms with Gasteiger partial charge in [0.15, 0.2) is 0 Å². The summed E-state index contributed by atoms with van der Waals surface area (Å²) in [6.45, 7) is 6.86. The second kappa shape index (κ2) is 12.6. The van der Waals surface area contributed by atoms with Crippen molar-refractivity contribution in [3.8, 4) is 0 Å². The number of aliphatic hydroxyl groups excluding tert-OH is 1. The Morgan fingerprint density at radius 2 is 1.24 bits per heavy atom. The third kappa shape index (κ3) is 12.3. The van der Waals surface area contributed by atoms with Crippen molar-refractivity contribution in [3.63, 3.8) is 0 Å². The van der Waals surface area contributed by atoms with Crippen molar-refractivity contribution in [2.45, 2.75) is 52.1 Å². The number of aryl methyl sites for hydroxylation is 2. The van der Waals surface area contributed by atoms with Gasteiger partial charge in [-0.05, 0) is 57.6 Å². The third-order valence-electron chi connectivity index (χ3n) is 3.31. The van der Waals surface area contributed by atoms with E-state index in [0.717, 1.165) is 25.7 Å². The van der Waals surface area contributed by atoms with E-state index in [0.29, 0.717) is 6.61 Å². The average molecular weight is 344 g/mol. The second-order valence-corrected chi connectivity index (χ2v) is 6.92. The summed E-state index contributed by atoms with van der Waals surface area (Å²) in [6, 6.07) is 20.6. The molecule has 0 amide bonds. The number of aliphatic hydroxyl groups is 1. The molecule has 0 aliphatic rings. The predicted molar refractivity (Wildman–Crippen MR) is 103 cm³/mol. The molecule has 138 valence electrons. The van der Waals surface area contributed by atoms with Crippen LogP contribution in [-0.2, 0) is 22.6 Å². The molecule has 25 heavy (non-hydrogen) atoms. The standard InChI is InChI=1S/C13H20O2.C9H12O/c1-13(2,3)15-14-11-7-10-12-8-5-4-6-9-12;10-8-4-7-9-5-2-1-3-6-9/h4-6,8-9H,7,10-11H2,1-3H3;1-3,5-6,10H,4,7-8H2. The number of rotatable bonds is 8. The normalized spacial score (nSPS) is 10.9. The summed E-state index contributed by atoms with van der Waals surface area (Å²) in [5.41, 5.74) is 2.43. The van der Waals surface area contributed by atoms with Crippen molar-refractivity contribution < 1.29 is 14.9 Å². The van der Waals surface area contributed by atoms with Crippen LogP contribution in [0.2, 0.25) is 0 Å². The Bertz CT molecular complexity index is 532. The van der Waals surface area contributed by atoms with Gasteiger partial charge in [-0.2, -0.15) is 0 Å². The van der Waals surface area contributed by atoms with Crippen LogP contribution in [0.1, 0.15) is 44.7 Å². The SMILES string of the molecule is CC(C)(C)OOCCCc1ccccc1.OCCCc1ccccc1. The highest BCUT2D eigenvalue weighted by molar-refractivity contribution is 5.15. The Labute approximate surface area is 152 Å². The fraction of sp³-hybridized carbons (Fsp3) is 0.455. The van der Waals surface area contributed by atoms with E-state index in [4.69, 9.17) is 14.9 Å². The minimum atomic E-state index is -0.216. The molecule has 0 fully saturated rings. The van der Waals surface area contributed by atoms with E-state index in [1.54, 1.807) is 0 Å². The molecule has 0 unspecified atom stereocenters. The van der Waals surface area contributed by atoms with E-state index >= 15 is 0 Å². The molecule has 1 N–H and O–H groups in total. The predicted octanol–water partition coefficient (Wildman–Crippen LogP) is 4.98.